The van der Waals surface area contributed by atoms with Gasteiger partial charge in [-0.15, -0.1) is 0 Å². The van der Waals surface area contributed by atoms with E-state index in [1.807, 2.05) is 14.2 Å². The number of hydrogen-bond donors (Lipinski definition) is 0. The Balaban J connectivity index is 1.87. The third-order valence-electron chi connectivity index (χ3n) is 6.47. The summed E-state index contributed by atoms with van der Waals surface area (Å²) in [6, 6.07) is 0. The molecule has 0 spiro atoms. The predicted molar refractivity (Wildman–Crippen MR) is 78.2 cm³/mol. The van der Waals surface area contributed by atoms with E-state index in [0.29, 0.717) is 0 Å². The van der Waals surface area contributed by atoms with Gasteiger partial charge in [0, 0.05) is 22.3 Å². The molecule has 20 heavy (non-hydrogen) atoms. The highest BCUT2D eigenvalue weighted by molar-refractivity contribution is 5.68. The van der Waals surface area contributed by atoms with Gasteiger partial charge in [-0.05, 0) is 62.2 Å². The molecule has 106 valence electrons. The van der Waals surface area contributed by atoms with Crippen LogP contribution in [-0.4, -0.2) is 14.2 Å². The molecule has 0 aromatic heterocycles. The summed E-state index contributed by atoms with van der Waals surface area (Å²) in [6.07, 6.45) is 8.07. The van der Waals surface area contributed by atoms with Crippen molar-refractivity contribution in [2.45, 2.75) is 62.2 Å². The average Bonchev–Trinajstić information content (AvgIpc) is 3.23. The van der Waals surface area contributed by atoms with Gasteiger partial charge in [0.05, 0.1) is 14.2 Å². The molecule has 0 radical (unpaired) electrons. The van der Waals surface area contributed by atoms with E-state index < -0.39 is 0 Å². The van der Waals surface area contributed by atoms with Crippen LogP contribution in [0.25, 0.3) is 0 Å². The van der Waals surface area contributed by atoms with Gasteiger partial charge in [0.1, 0.15) is 11.5 Å². The van der Waals surface area contributed by atoms with Gasteiger partial charge in [-0.2, -0.15) is 0 Å². The number of ether oxygens (including phenoxy) is 2. The standard InChI is InChI=1S/C18H22O2/c1-19-17-13-9-3-5-11(7-9)15(13)18(20-2)16-12-6-4-10(8-12)14(16)17/h9-12H,3-8H2,1-2H3/t9-,10+,11+,12-. The molecular formula is C18H22O2. The Bertz CT molecular complexity index is 506. The molecule has 0 heterocycles. The average molecular weight is 270 g/mol. The lowest BCUT2D eigenvalue weighted by molar-refractivity contribution is 0.379. The quantitative estimate of drug-likeness (QED) is 0.791. The molecule has 4 bridgehead atoms. The molecule has 4 aliphatic rings. The van der Waals surface area contributed by atoms with Crippen molar-refractivity contribution >= 4 is 0 Å². The van der Waals surface area contributed by atoms with Gasteiger partial charge < -0.3 is 9.47 Å². The van der Waals surface area contributed by atoms with E-state index in [1.165, 1.54) is 72.3 Å². The summed E-state index contributed by atoms with van der Waals surface area (Å²) in [4.78, 5) is 0. The number of methoxy groups -OCH3 is 2. The predicted octanol–water partition coefficient (Wildman–Crippen LogP) is 4.43. The maximum Gasteiger partial charge on any atom is 0.126 e. The first-order valence-corrected chi connectivity index (χ1v) is 8.15. The Kier molecular flexibility index (Phi) is 2.13. The van der Waals surface area contributed by atoms with Gasteiger partial charge in [0.25, 0.3) is 0 Å². The summed E-state index contributed by atoms with van der Waals surface area (Å²) in [5.74, 6) is 5.48. The molecule has 0 N–H and O–H groups in total. The molecule has 4 aliphatic carbocycles. The van der Waals surface area contributed by atoms with Crippen LogP contribution >= 0.6 is 0 Å². The van der Waals surface area contributed by atoms with Crippen LogP contribution < -0.4 is 9.47 Å². The molecule has 1 aromatic carbocycles. The zero-order valence-electron chi connectivity index (χ0n) is 12.4. The summed E-state index contributed by atoms with van der Waals surface area (Å²) >= 11 is 0. The summed E-state index contributed by atoms with van der Waals surface area (Å²) in [5.41, 5.74) is 6.14. The third-order valence-corrected chi connectivity index (χ3v) is 6.47. The fourth-order valence-electron chi connectivity index (χ4n) is 5.85. The summed E-state index contributed by atoms with van der Waals surface area (Å²) < 4.78 is 11.9. The molecule has 0 unspecified atom stereocenters. The van der Waals surface area contributed by atoms with Gasteiger partial charge in [-0.3, -0.25) is 0 Å². The van der Waals surface area contributed by atoms with E-state index in [9.17, 15) is 0 Å². The van der Waals surface area contributed by atoms with E-state index in [4.69, 9.17) is 9.47 Å². The SMILES string of the molecule is COc1c2c(c(OC)c3c1[C@H]1CC[C@@H]3C1)[C@H]1CC[C@@H]2C1. The Morgan fingerprint density at radius 3 is 1.15 bits per heavy atom. The highest BCUT2D eigenvalue weighted by Gasteiger charge is 2.49. The lowest BCUT2D eigenvalue weighted by Gasteiger charge is -2.28. The third kappa shape index (κ3) is 1.14. The number of rotatable bonds is 2. The Morgan fingerprint density at radius 2 is 0.900 bits per heavy atom. The minimum atomic E-state index is 0.739. The molecule has 2 heteroatoms. The molecule has 2 fully saturated rings. The van der Waals surface area contributed by atoms with Crippen LogP contribution in [0.15, 0.2) is 0 Å². The molecular weight excluding hydrogens is 248 g/mol. The lowest BCUT2D eigenvalue weighted by atomic mass is 9.81. The topological polar surface area (TPSA) is 18.5 Å². The molecule has 5 rings (SSSR count). The monoisotopic (exact) mass is 270 g/mol. The van der Waals surface area contributed by atoms with Gasteiger partial charge in [-0.25, -0.2) is 0 Å². The zero-order valence-corrected chi connectivity index (χ0v) is 12.4. The van der Waals surface area contributed by atoms with Crippen molar-refractivity contribution < 1.29 is 9.47 Å². The normalized spacial score (nSPS) is 35.3. The molecule has 0 amide bonds. The minimum absolute atomic E-state index is 0.739. The first kappa shape index (κ1) is 11.5. The largest absolute Gasteiger partial charge is 0.496 e. The zero-order chi connectivity index (χ0) is 13.4. The summed E-state index contributed by atoms with van der Waals surface area (Å²) in [6.45, 7) is 0. The van der Waals surface area contributed by atoms with E-state index >= 15 is 0 Å². The highest BCUT2D eigenvalue weighted by atomic mass is 16.5. The highest BCUT2D eigenvalue weighted by Crippen LogP contribution is 2.67. The fraction of sp³-hybridized carbons (Fsp3) is 0.667. The van der Waals surface area contributed by atoms with Crippen molar-refractivity contribution in [1.82, 2.24) is 0 Å². The maximum absolute atomic E-state index is 5.95. The summed E-state index contributed by atoms with van der Waals surface area (Å²) in [7, 11) is 3.75. The van der Waals surface area contributed by atoms with E-state index in [0.717, 1.165) is 23.7 Å². The Morgan fingerprint density at radius 1 is 0.600 bits per heavy atom. The maximum atomic E-state index is 5.95. The van der Waals surface area contributed by atoms with Gasteiger partial charge in [-0.1, -0.05) is 0 Å². The van der Waals surface area contributed by atoms with Crippen LogP contribution in [0.4, 0.5) is 0 Å². The molecule has 4 atom stereocenters. The fourth-order valence-corrected chi connectivity index (χ4v) is 5.85. The van der Waals surface area contributed by atoms with Crippen molar-refractivity contribution in [3.8, 4) is 11.5 Å². The van der Waals surface area contributed by atoms with Gasteiger partial charge in [0.2, 0.25) is 0 Å². The van der Waals surface area contributed by atoms with E-state index in [2.05, 4.69) is 0 Å². The lowest BCUT2D eigenvalue weighted by Crippen LogP contribution is -2.11. The van der Waals surface area contributed by atoms with E-state index in [1.54, 1.807) is 0 Å². The van der Waals surface area contributed by atoms with Crippen molar-refractivity contribution in [2.75, 3.05) is 14.2 Å². The van der Waals surface area contributed by atoms with Crippen LogP contribution in [0, 0.1) is 0 Å². The molecule has 2 saturated carbocycles. The smallest absolute Gasteiger partial charge is 0.126 e. The summed E-state index contributed by atoms with van der Waals surface area (Å²) in [5, 5.41) is 0. The van der Waals surface area contributed by atoms with Gasteiger partial charge in [0.15, 0.2) is 0 Å². The van der Waals surface area contributed by atoms with Crippen LogP contribution in [0.1, 0.15) is 84.5 Å². The number of fused-ring (bicyclic) bond motifs is 10. The van der Waals surface area contributed by atoms with Crippen LogP contribution in [0.3, 0.4) is 0 Å². The second-order valence-electron chi connectivity index (χ2n) is 7.13. The Hall–Kier alpha value is -1.18. The molecule has 0 aliphatic heterocycles. The first-order chi connectivity index (χ1) is 9.83. The molecule has 1 aromatic rings. The number of benzene rings is 1. The first-order valence-electron chi connectivity index (χ1n) is 8.15. The number of hydrogen-bond acceptors (Lipinski definition) is 2. The van der Waals surface area contributed by atoms with Crippen LogP contribution in [0.2, 0.25) is 0 Å². The minimum Gasteiger partial charge on any atom is -0.496 e. The van der Waals surface area contributed by atoms with Crippen molar-refractivity contribution in [1.29, 1.82) is 0 Å². The van der Waals surface area contributed by atoms with Crippen LogP contribution in [-0.2, 0) is 0 Å². The molecule has 0 saturated heterocycles. The van der Waals surface area contributed by atoms with Crippen molar-refractivity contribution in [2.24, 2.45) is 0 Å². The van der Waals surface area contributed by atoms with Crippen molar-refractivity contribution in [3.63, 3.8) is 0 Å². The van der Waals surface area contributed by atoms with Crippen LogP contribution in [0.5, 0.6) is 11.5 Å². The van der Waals surface area contributed by atoms with Crippen molar-refractivity contribution in [3.05, 3.63) is 22.3 Å². The van der Waals surface area contributed by atoms with Gasteiger partial charge >= 0.3 is 0 Å². The van der Waals surface area contributed by atoms with E-state index in [-0.39, 0.29) is 0 Å². The Labute approximate surface area is 120 Å². The second kappa shape index (κ2) is 3.72. The second-order valence-corrected chi connectivity index (χ2v) is 7.13. The molecule has 2 nitrogen and oxygen atoms in total.